The van der Waals surface area contributed by atoms with Crippen molar-refractivity contribution in [3.05, 3.63) is 35.4 Å². The zero-order chi connectivity index (χ0) is 19.8. The molecule has 0 bridgehead atoms. The molecule has 1 atom stereocenters. The molecule has 1 unspecified atom stereocenters. The molecule has 2 aromatic rings. The Bertz CT molecular complexity index is 800. The van der Waals surface area contributed by atoms with Crippen LogP contribution in [0.2, 0.25) is 0 Å². The van der Waals surface area contributed by atoms with Crippen molar-refractivity contribution in [2.75, 3.05) is 18.4 Å². The van der Waals surface area contributed by atoms with E-state index in [1.165, 1.54) is 19.1 Å². The molecule has 1 aliphatic heterocycles. The zero-order valence-electron chi connectivity index (χ0n) is 14.2. The van der Waals surface area contributed by atoms with Crippen molar-refractivity contribution in [1.82, 2.24) is 15.5 Å². The number of phenols is 1. The van der Waals surface area contributed by atoms with Crippen molar-refractivity contribution in [2.24, 2.45) is 0 Å². The third-order valence-corrected chi connectivity index (χ3v) is 4.23. The molecular weight excluding hydrogens is 371 g/mol. The van der Waals surface area contributed by atoms with Crippen LogP contribution in [0.1, 0.15) is 17.5 Å². The van der Waals surface area contributed by atoms with Crippen molar-refractivity contribution in [2.45, 2.75) is 31.5 Å². The second-order valence-corrected chi connectivity index (χ2v) is 6.52. The normalized spacial score (nSPS) is 19.7. The predicted octanol–water partition coefficient (Wildman–Crippen LogP) is 3.59. The first-order chi connectivity index (χ1) is 12.5. The van der Waals surface area contributed by atoms with Crippen molar-refractivity contribution in [1.29, 1.82) is 0 Å². The quantitative estimate of drug-likeness (QED) is 0.702. The molecule has 1 saturated heterocycles. The molecule has 0 spiro atoms. The Balaban J connectivity index is 1.80. The fraction of sp³-hybridized carbons (Fsp3) is 0.412. The summed E-state index contributed by atoms with van der Waals surface area (Å²) < 4.78 is 65.2. The molecule has 27 heavy (non-hydrogen) atoms. The minimum atomic E-state index is -4.57. The summed E-state index contributed by atoms with van der Waals surface area (Å²) in [6, 6.07) is 3.95. The summed E-state index contributed by atoms with van der Waals surface area (Å²) in [6.07, 6.45) is -4.92. The topological polar surface area (TPSA) is 70.1 Å². The molecule has 0 amide bonds. The van der Waals surface area contributed by atoms with Gasteiger partial charge in [-0.1, -0.05) is 0 Å². The van der Waals surface area contributed by atoms with E-state index in [4.69, 9.17) is 0 Å². The van der Waals surface area contributed by atoms with Crippen LogP contribution < -0.4 is 10.6 Å². The highest BCUT2D eigenvalue weighted by Gasteiger charge is 2.36. The van der Waals surface area contributed by atoms with E-state index in [1.807, 2.05) is 0 Å². The Morgan fingerprint density at radius 1 is 1.22 bits per heavy atom. The monoisotopic (exact) mass is 388 g/mol. The fourth-order valence-corrected chi connectivity index (χ4v) is 3.05. The first-order valence-electron chi connectivity index (χ1n) is 8.15. The summed E-state index contributed by atoms with van der Waals surface area (Å²) >= 11 is 0. The van der Waals surface area contributed by atoms with Crippen LogP contribution in [0.5, 0.6) is 5.75 Å². The van der Waals surface area contributed by atoms with Gasteiger partial charge in [-0.25, -0.2) is 8.78 Å². The number of anilines is 1. The summed E-state index contributed by atoms with van der Waals surface area (Å²) in [5.41, 5.74) is -0.462. The highest BCUT2D eigenvalue weighted by atomic mass is 19.4. The Kier molecular flexibility index (Phi) is 4.94. The standard InChI is InChI=1S/C17H17F5N4O/c1-9-4-10(17(20,21)22)5-13(27)15(9)12-2-3-14(26-25-12)24-11-6-16(18,19)8-23-7-11/h2-5,11,23,27H,6-8H2,1H3,(H,24,26). The van der Waals surface area contributed by atoms with E-state index in [-0.39, 0.29) is 35.6 Å². The average molecular weight is 388 g/mol. The Labute approximate surface area is 151 Å². The molecule has 2 heterocycles. The molecule has 0 saturated carbocycles. The lowest BCUT2D eigenvalue weighted by atomic mass is 10.0. The third kappa shape index (κ3) is 4.44. The maximum atomic E-state index is 13.4. The Hall–Kier alpha value is -2.49. The first-order valence-corrected chi connectivity index (χ1v) is 8.15. The van der Waals surface area contributed by atoms with Crippen LogP contribution in [0.15, 0.2) is 24.3 Å². The molecule has 146 valence electrons. The Morgan fingerprint density at radius 3 is 2.52 bits per heavy atom. The molecule has 1 aromatic carbocycles. The van der Waals surface area contributed by atoms with Gasteiger partial charge in [0.25, 0.3) is 5.92 Å². The number of rotatable bonds is 3. The van der Waals surface area contributed by atoms with Crippen molar-refractivity contribution >= 4 is 5.82 Å². The lowest BCUT2D eigenvalue weighted by Crippen LogP contribution is -2.49. The second kappa shape index (κ2) is 6.91. The highest BCUT2D eigenvalue weighted by molar-refractivity contribution is 5.71. The van der Waals surface area contributed by atoms with Gasteiger partial charge in [0.15, 0.2) is 0 Å². The summed E-state index contributed by atoms with van der Waals surface area (Å²) in [7, 11) is 0. The number of alkyl halides is 5. The third-order valence-electron chi connectivity index (χ3n) is 4.23. The van der Waals surface area contributed by atoms with Crippen LogP contribution >= 0.6 is 0 Å². The highest BCUT2D eigenvalue weighted by Crippen LogP contribution is 2.38. The number of aromatic nitrogens is 2. The van der Waals surface area contributed by atoms with E-state index >= 15 is 0 Å². The average Bonchev–Trinajstić information content (AvgIpc) is 2.54. The van der Waals surface area contributed by atoms with Crippen molar-refractivity contribution < 1.29 is 27.1 Å². The molecule has 1 fully saturated rings. The predicted molar refractivity (Wildman–Crippen MR) is 88.7 cm³/mol. The number of aryl methyl sites for hydroxylation is 1. The summed E-state index contributed by atoms with van der Waals surface area (Å²) in [5, 5.41) is 23.3. The van der Waals surface area contributed by atoms with Crippen molar-refractivity contribution in [3.8, 4) is 17.0 Å². The van der Waals surface area contributed by atoms with Crippen LogP contribution in [0.4, 0.5) is 27.8 Å². The number of phenolic OH excluding ortho intramolecular Hbond substituents is 1. The fourth-order valence-electron chi connectivity index (χ4n) is 3.05. The van der Waals surface area contributed by atoms with Crippen LogP contribution in [0.3, 0.4) is 0 Å². The zero-order valence-corrected chi connectivity index (χ0v) is 14.2. The molecule has 10 heteroatoms. The number of aromatic hydroxyl groups is 1. The number of hydrogen-bond acceptors (Lipinski definition) is 5. The van der Waals surface area contributed by atoms with Gasteiger partial charge in [0, 0.05) is 24.6 Å². The minimum Gasteiger partial charge on any atom is -0.507 e. The minimum absolute atomic E-state index is 0.132. The lowest BCUT2D eigenvalue weighted by molar-refractivity contribution is -0.137. The number of piperidine rings is 1. The van der Waals surface area contributed by atoms with Gasteiger partial charge in [0.05, 0.1) is 17.8 Å². The molecule has 0 radical (unpaired) electrons. The SMILES string of the molecule is Cc1cc(C(F)(F)F)cc(O)c1-c1ccc(NC2CNCC(F)(F)C2)nn1. The van der Waals surface area contributed by atoms with Gasteiger partial charge < -0.3 is 15.7 Å². The van der Waals surface area contributed by atoms with Crippen LogP contribution in [-0.2, 0) is 6.18 Å². The van der Waals surface area contributed by atoms with Gasteiger partial charge in [-0.3, -0.25) is 0 Å². The number of benzene rings is 1. The molecule has 5 nitrogen and oxygen atoms in total. The van der Waals surface area contributed by atoms with Crippen molar-refractivity contribution in [3.63, 3.8) is 0 Å². The van der Waals surface area contributed by atoms with E-state index < -0.39 is 29.5 Å². The lowest BCUT2D eigenvalue weighted by Gasteiger charge is -2.30. The van der Waals surface area contributed by atoms with Gasteiger partial charge >= 0.3 is 6.18 Å². The molecule has 1 aliphatic rings. The smallest absolute Gasteiger partial charge is 0.416 e. The number of nitrogens with one attached hydrogen (secondary N) is 2. The largest absolute Gasteiger partial charge is 0.507 e. The molecule has 0 aliphatic carbocycles. The van der Waals surface area contributed by atoms with Crippen LogP contribution in [0, 0.1) is 6.92 Å². The first kappa shape index (κ1) is 19.3. The molecular formula is C17H17F5N4O. The number of hydrogen-bond donors (Lipinski definition) is 3. The summed E-state index contributed by atoms with van der Waals surface area (Å²) in [5.74, 6) is -3.12. The molecule has 1 aromatic heterocycles. The van der Waals surface area contributed by atoms with E-state index in [1.54, 1.807) is 0 Å². The maximum absolute atomic E-state index is 13.4. The van der Waals surface area contributed by atoms with E-state index in [2.05, 4.69) is 20.8 Å². The van der Waals surface area contributed by atoms with Gasteiger partial charge in [-0.05, 0) is 36.8 Å². The maximum Gasteiger partial charge on any atom is 0.416 e. The summed E-state index contributed by atoms with van der Waals surface area (Å²) in [4.78, 5) is 0. The Morgan fingerprint density at radius 2 is 1.96 bits per heavy atom. The van der Waals surface area contributed by atoms with Gasteiger partial charge in [0.2, 0.25) is 0 Å². The second-order valence-electron chi connectivity index (χ2n) is 6.52. The molecule has 3 N–H and O–H groups in total. The van der Waals surface area contributed by atoms with Gasteiger partial charge in [-0.2, -0.15) is 13.2 Å². The van der Waals surface area contributed by atoms with Crippen LogP contribution in [-0.4, -0.2) is 40.4 Å². The summed E-state index contributed by atoms with van der Waals surface area (Å²) in [6.45, 7) is 1.40. The van der Waals surface area contributed by atoms with Gasteiger partial charge in [0.1, 0.15) is 11.6 Å². The number of nitrogens with zero attached hydrogens (tertiary/aromatic N) is 2. The van der Waals surface area contributed by atoms with E-state index in [0.29, 0.717) is 12.6 Å². The van der Waals surface area contributed by atoms with E-state index in [9.17, 15) is 27.1 Å². The van der Waals surface area contributed by atoms with Gasteiger partial charge in [-0.15, -0.1) is 10.2 Å². The number of halogens is 5. The molecule has 3 rings (SSSR count). The van der Waals surface area contributed by atoms with Crippen LogP contribution in [0.25, 0.3) is 11.3 Å². The van der Waals surface area contributed by atoms with E-state index in [0.717, 1.165) is 6.07 Å².